The molecule has 9 heteroatoms. The summed E-state index contributed by atoms with van der Waals surface area (Å²) in [5.41, 5.74) is 0.514. The summed E-state index contributed by atoms with van der Waals surface area (Å²) >= 11 is 2.15. The highest BCUT2D eigenvalue weighted by Crippen LogP contribution is 2.25. The van der Waals surface area contributed by atoms with Crippen molar-refractivity contribution in [3.63, 3.8) is 0 Å². The smallest absolute Gasteiger partial charge is 0.301 e. The Labute approximate surface area is 152 Å². The molecule has 1 aromatic carbocycles. The van der Waals surface area contributed by atoms with Crippen molar-refractivity contribution in [1.82, 2.24) is 5.06 Å². The monoisotopic (exact) mass is 445 g/mol. The van der Waals surface area contributed by atoms with Crippen LogP contribution in [0.5, 0.6) is 5.75 Å². The van der Waals surface area contributed by atoms with Crippen molar-refractivity contribution < 1.29 is 23.9 Å². The molecule has 1 aromatic rings. The van der Waals surface area contributed by atoms with E-state index in [2.05, 4.69) is 32.8 Å². The number of hydrogen-bond acceptors (Lipinski definition) is 7. The predicted molar refractivity (Wildman–Crippen MR) is 95.3 cm³/mol. The minimum Gasteiger partial charge on any atom is -0.496 e. The number of amides is 1. The van der Waals surface area contributed by atoms with Crippen LogP contribution in [0, 0.1) is 3.57 Å². The molecule has 0 radical (unpaired) electrons. The zero-order chi connectivity index (χ0) is 17.9. The highest BCUT2D eigenvalue weighted by Gasteiger charge is 2.38. The number of nitrogens with zero attached hydrogens (tertiary/aromatic N) is 3. The van der Waals surface area contributed by atoms with Gasteiger partial charge in [-0.2, -0.15) is 5.10 Å². The van der Waals surface area contributed by atoms with Gasteiger partial charge in [0.2, 0.25) is 5.78 Å². The Balaban J connectivity index is 2.51. The molecule has 0 aliphatic carbocycles. The van der Waals surface area contributed by atoms with E-state index < -0.39 is 17.8 Å². The number of carbonyl (C=O) groups excluding carboxylic acids is 2. The Bertz CT molecular complexity index is 732. The van der Waals surface area contributed by atoms with Crippen LogP contribution < -0.4 is 4.74 Å². The standard InChI is InChI=1S/C15H16IN3O5/c1-19(24-4)15(21)12-13(20)14(23-3)11(17-18-12)9-6-5-8(16)7-10(9)22-2/h5-7,14H,1-4H3. The van der Waals surface area contributed by atoms with Gasteiger partial charge in [0.15, 0.2) is 11.8 Å². The maximum atomic E-state index is 12.6. The molecule has 0 spiro atoms. The fourth-order valence-electron chi connectivity index (χ4n) is 2.12. The summed E-state index contributed by atoms with van der Waals surface area (Å²) in [6.07, 6.45) is -1.05. The van der Waals surface area contributed by atoms with Crippen molar-refractivity contribution in [3.8, 4) is 5.75 Å². The molecular formula is C15H16IN3O5. The van der Waals surface area contributed by atoms with Crippen molar-refractivity contribution in [2.24, 2.45) is 10.2 Å². The van der Waals surface area contributed by atoms with E-state index in [-0.39, 0.29) is 11.4 Å². The van der Waals surface area contributed by atoms with Crippen LogP contribution in [0.1, 0.15) is 5.56 Å². The number of rotatable bonds is 5. The number of ketones is 1. The molecule has 2 rings (SSSR count). The first-order valence-electron chi connectivity index (χ1n) is 6.83. The zero-order valence-corrected chi connectivity index (χ0v) is 15.7. The van der Waals surface area contributed by atoms with Gasteiger partial charge in [-0.1, -0.05) is 0 Å². The third-order valence-corrected chi connectivity index (χ3v) is 4.09. The summed E-state index contributed by atoms with van der Waals surface area (Å²) in [5.74, 6) is -0.742. The molecule has 0 bridgehead atoms. The van der Waals surface area contributed by atoms with E-state index in [0.29, 0.717) is 11.3 Å². The van der Waals surface area contributed by atoms with E-state index in [4.69, 9.17) is 14.3 Å². The second-order valence-electron chi connectivity index (χ2n) is 4.74. The summed E-state index contributed by atoms with van der Waals surface area (Å²) in [6, 6.07) is 5.42. The quantitative estimate of drug-likeness (QED) is 0.500. The lowest BCUT2D eigenvalue weighted by Gasteiger charge is -2.22. The van der Waals surface area contributed by atoms with Crippen LogP contribution in [0.25, 0.3) is 0 Å². The fraction of sp³-hybridized carbons (Fsp3) is 0.333. The number of methoxy groups -OCH3 is 2. The predicted octanol–water partition coefficient (Wildman–Crippen LogP) is 1.06. The van der Waals surface area contributed by atoms with Gasteiger partial charge in [0, 0.05) is 23.3 Å². The van der Waals surface area contributed by atoms with Crippen LogP contribution >= 0.6 is 22.6 Å². The normalized spacial score (nSPS) is 17.2. The van der Waals surface area contributed by atoms with E-state index in [1.807, 2.05) is 6.07 Å². The molecule has 1 atom stereocenters. The van der Waals surface area contributed by atoms with E-state index in [1.165, 1.54) is 28.4 Å². The van der Waals surface area contributed by atoms with Crippen LogP contribution in [0.2, 0.25) is 0 Å². The Morgan fingerprint density at radius 2 is 1.96 bits per heavy atom. The van der Waals surface area contributed by atoms with Crippen molar-refractivity contribution >= 4 is 45.7 Å². The van der Waals surface area contributed by atoms with Crippen molar-refractivity contribution in [2.45, 2.75) is 6.10 Å². The molecule has 8 nitrogen and oxygen atoms in total. The number of ether oxygens (including phenoxy) is 2. The maximum Gasteiger partial charge on any atom is 0.301 e. The van der Waals surface area contributed by atoms with Gasteiger partial charge in [0.25, 0.3) is 0 Å². The average Bonchev–Trinajstić information content (AvgIpc) is 2.60. The van der Waals surface area contributed by atoms with Crippen molar-refractivity contribution in [1.29, 1.82) is 0 Å². The molecule has 0 fully saturated rings. The molecule has 0 N–H and O–H groups in total. The second kappa shape index (κ2) is 7.81. The lowest BCUT2D eigenvalue weighted by atomic mass is 9.97. The second-order valence-corrected chi connectivity index (χ2v) is 5.99. The largest absolute Gasteiger partial charge is 0.496 e. The molecule has 128 valence electrons. The highest BCUT2D eigenvalue weighted by atomic mass is 127. The number of benzene rings is 1. The van der Waals surface area contributed by atoms with Crippen molar-refractivity contribution in [2.75, 3.05) is 28.4 Å². The Kier molecular flexibility index (Phi) is 6.02. The van der Waals surface area contributed by atoms with Crippen LogP contribution in [0.3, 0.4) is 0 Å². The van der Waals surface area contributed by atoms with Crippen LogP contribution in [-0.4, -0.2) is 62.7 Å². The van der Waals surface area contributed by atoms with Crippen LogP contribution in [0.4, 0.5) is 0 Å². The van der Waals surface area contributed by atoms with Gasteiger partial charge >= 0.3 is 5.91 Å². The molecule has 1 amide bonds. The molecule has 1 aliphatic heterocycles. The van der Waals surface area contributed by atoms with Gasteiger partial charge in [-0.25, -0.2) is 5.06 Å². The lowest BCUT2D eigenvalue weighted by molar-refractivity contribution is -0.160. The molecule has 1 unspecified atom stereocenters. The summed E-state index contributed by atoms with van der Waals surface area (Å²) in [7, 11) is 5.57. The number of hydroxylamine groups is 2. The molecule has 1 aliphatic rings. The Morgan fingerprint density at radius 1 is 1.25 bits per heavy atom. The molecular weight excluding hydrogens is 429 g/mol. The minimum absolute atomic E-state index is 0.285. The first-order valence-corrected chi connectivity index (χ1v) is 7.91. The van der Waals surface area contributed by atoms with E-state index in [9.17, 15) is 9.59 Å². The third-order valence-electron chi connectivity index (χ3n) is 3.42. The summed E-state index contributed by atoms with van der Waals surface area (Å²) < 4.78 is 11.6. The zero-order valence-electron chi connectivity index (χ0n) is 13.6. The van der Waals surface area contributed by atoms with Crippen LogP contribution in [-0.2, 0) is 19.2 Å². The fourth-order valence-corrected chi connectivity index (χ4v) is 2.59. The van der Waals surface area contributed by atoms with Gasteiger partial charge in [-0.3, -0.25) is 14.4 Å². The number of carbonyl (C=O) groups is 2. The topological polar surface area (TPSA) is 89.8 Å². The Hall–Kier alpha value is -1.85. The lowest BCUT2D eigenvalue weighted by Crippen LogP contribution is -2.46. The highest BCUT2D eigenvalue weighted by molar-refractivity contribution is 14.1. The van der Waals surface area contributed by atoms with E-state index in [1.54, 1.807) is 12.1 Å². The molecule has 1 heterocycles. The number of hydrogen-bond donors (Lipinski definition) is 0. The van der Waals surface area contributed by atoms with Gasteiger partial charge in [-0.05, 0) is 40.8 Å². The van der Waals surface area contributed by atoms with Crippen molar-refractivity contribution in [3.05, 3.63) is 27.3 Å². The number of Topliss-reactive ketones (excluding diaryl/α,β-unsaturated/α-hetero) is 1. The van der Waals surface area contributed by atoms with E-state index >= 15 is 0 Å². The first kappa shape index (κ1) is 18.5. The third kappa shape index (κ3) is 3.47. The molecule has 0 saturated heterocycles. The molecule has 0 saturated carbocycles. The maximum absolute atomic E-state index is 12.6. The molecule has 24 heavy (non-hydrogen) atoms. The van der Waals surface area contributed by atoms with Gasteiger partial charge in [0.05, 0.1) is 14.2 Å². The molecule has 0 aromatic heterocycles. The summed E-state index contributed by atoms with van der Waals surface area (Å²) in [6.45, 7) is 0. The minimum atomic E-state index is -1.05. The van der Waals surface area contributed by atoms with Crippen LogP contribution in [0.15, 0.2) is 28.4 Å². The Morgan fingerprint density at radius 3 is 2.54 bits per heavy atom. The summed E-state index contributed by atoms with van der Waals surface area (Å²) in [4.78, 5) is 29.5. The first-order chi connectivity index (χ1) is 11.4. The van der Waals surface area contributed by atoms with Gasteiger partial charge in [0.1, 0.15) is 11.5 Å². The number of halogens is 1. The SMILES string of the molecule is COc1cc(I)ccc1C1=NN=C(C(=O)N(C)OC)C(=O)C1OC. The van der Waals surface area contributed by atoms with Gasteiger partial charge < -0.3 is 9.47 Å². The van der Waals surface area contributed by atoms with E-state index in [0.717, 1.165) is 8.63 Å². The average molecular weight is 445 g/mol. The van der Waals surface area contributed by atoms with Gasteiger partial charge in [-0.15, -0.1) is 5.10 Å². The summed E-state index contributed by atoms with van der Waals surface area (Å²) in [5, 5.41) is 8.71.